The Labute approximate surface area is 224 Å². The smallest absolute Gasteiger partial charge is 0.281 e. The molecule has 0 saturated carbocycles. The lowest BCUT2D eigenvalue weighted by atomic mass is 10.0. The summed E-state index contributed by atoms with van der Waals surface area (Å²) < 4.78 is 11.3. The van der Waals surface area contributed by atoms with E-state index >= 15 is 0 Å². The summed E-state index contributed by atoms with van der Waals surface area (Å²) in [6.07, 6.45) is 2.58. The molecular formula is C28H30N2O7S. The molecule has 0 aliphatic heterocycles. The number of aromatic nitrogens is 1. The lowest BCUT2D eigenvalue weighted by molar-refractivity contribution is -0.264. The maximum Gasteiger partial charge on any atom is 0.281 e. The summed E-state index contributed by atoms with van der Waals surface area (Å²) in [7, 11) is 1.00. The van der Waals surface area contributed by atoms with Crippen LogP contribution in [-0.4, -0.2) is 50.5 Å². The van der Waals surface area contributed by atoms with Crippen molar-refractivity contribution in [3.05, 3.63) is 94.1 Å². The van der Waals surface area contributed by atoms with Crippen LogP contribution in [0.5, 0.6) is 5.75 Å². The van der Waals surface area contributed by atoms with Crippen molar-refractivity contribution in [3.8, 4) is 17.1 Å². The SMILES string of the molecule is CC(C)N(C(=O)c1ccc(-c2ccco2)cc1)C(O)(O)c1ccccc1OCc1csc(CC=O)n1.CO. The molecule has 4 aromatic rings. The van der Waals surface area contributed by atoms with Crippen LogP contribution in [0.3, 0.4) is 0 Å². The minimum Gasteiger partial charge on any atom is -0.487 e. The van der Waals surface area contributed by atoms with E-state index in [0.29, 0.717) is 16.5 Å². The highest BCUT2D eigenvalue weighted by atomic mass is 32.1. The summed E-state index contributed by atoms with van der Waals surface area (Å²) in [6, 6.07) is 16.2. The minimum absolute atomic E-state index is 0.0163. The largest absolute Gasteiger partial charge is 0.487 e. The van der Waals surface area contributed by atoms with Crippen LogP contribution in [0, 0.1) is 0 Å². The highest BCUT2D eigenvalue weighted by Crippen LogP contribution is 2.34. The second-order valence-corrected chi connectivity index (χ2v) is 9.29. The van der Waals surface area contributed by atoms with Crippen molar-refractivity contribution in [2.75, 3.05) is 7.11 Å². The predicted molar refractivity (Wildman–Crippen MR) is 142 cm³/mol. The molecule has 0 aliphatic rings. The fourth-order valence-corrected chi connectivity index (χ4v) is 4.55. The minimum atomic E-state index is -2.66. The van der Waals surface area contributed by atoms with Crippen molar-refractivity contribution in [2.24, 2.45) is 0 Å². The van der Waals surface area contributed by atoms with Crippen LogP contribution >= 0.6 is 11.3 Å². The molecule has 0 atom stereocenters. The Morgan fingerprint density at radius 1 is 1.11 bits per heavy atom. The van der Waals surface area contributed by atoms with Crippen molar-refractivity contribution in [3.63, 3.8) is 0 Å². The third-order valence-electron chi connectivity index (χ3n) is 5.49. The van der Waals surface area contributed by atoms with E-state index in [4.69, 9.17) is 14.3 Å². The van der Waals surface area contributed by atoms with Crippen LogP contribution in [0.2, 0.25) is 0 Å². The summed E-state index contributed by atoms with van der Waals surface area (Å²) in [5.74, 6) is -2.36. The second kappa shape index (κ2) is 13.1. The Balaban J connectivity index is 0.00000195. The molecule has 0 aliphatic carbocycles. The van der Waals surface area contributed by atoms with Crippen LogP contribution in [0.25, 0.3) is 11.3 Å². The van der Waals surface area contributed by atoms with Crippen LogP contribution in [0.1, 0.15) is 40.5 Å². The molecule has 3 N–H and O–H groups in total. The zero-order valence-electron chi connectivity index (χ0n) is 21.3. The first-order chi connectivity index (χ1) is 18.3. The number of aliphatic hydroxyl groups is 3. The average Bonchev–Trinajstić information content (AvgIpc) is 3.61. The van der Waals surface area contributed by atoms with Crippen molar-refractivity contribution < 1.29 is 34.1 Å². The highest BCUT2D eigenvalue weighted by Gasteiger charge is 2.42. The Kier molecular flexibility index (Phi) is 9.91. The van der Waals surface area contributed by atoms with Crippen LogP contribution in [-0.2, 0) is 23.7 Å². The number of hydrogen-bond acceptors (Lipinski definition) is 9. The molecule has 2 aromatic heterocycles. The Morgan fingerprint density at radius 3 is 2.45 bits per heavy atom. The quantitative estimate of drug-likeness (QED) is 0.204. The molecule has 200 valence electrons. The predicted octanol–water partition coefficient (Wildman–Crippen LogP) is 3.98. The van der Waals surface area contributed by atoms with E-state index in [2.05, 4.69) is 4.98 Å². The number of amides is 1. The molecule has 2 heterocycles. The van der Waals surface area contributed by atoms with Gasteiger partial charge in [0.15, 0.2) is 0 Å². The third kappa shape index (κ3) is 6.53. The first-order valence-electron chi connectivity index (χ1n) is 11.8. The number of aliphatic hydroxyl groups excluding tert-OH is 1. The molecule has 38 heavy (non-hydrogen) atoms. The number of aldehydes is 1. The fourth-order valence-electron chi connectivity index (χ4n) is 3.83. The van der Waals surface area contributed by atoms with Gasteiger partial charge in [-0.3, -0.25) is 9.69 Å². The zero-order chi connectivity index (χ0) is 27.7. The van der Waals surface area contributed by atoms with E-state index < -0.39 is 17.9 Å². The number of benzene rings is 2. The van der Waals surface area contributed by atoms with Gasteiger partial charge in [0, 0.05) is 29.7 Å². The Bertz CT molecular complexity index is 1320. The van der Waals surface area contributed by atoms with Gasteiger partial charge in [0.25, 0.3) is 11.8 Å². The number of para-hydroxylation sites is 1. The van der Waals surface area contributed by atoms with E-state index in [1.807, 2.05) is 6.07 Å². The summed E-state index contributed by atoms with van der Waals surface area (Å²) in [5.41, 5.74) is 1.71. The molecule has 2 aromatic carbocycles. The van der Waals surface area contributed by atoms with E-state index in [1.165, 1.54) is 17.4 Å². The number of thiazole rings is 1. The normalized spacial score (nSPS) is 11.0. The first-order valence-corrected chi connectivity index (χ1v) is 12.7. The lowest BCUT2D eigenvalue weighted by Crippen LogP contribution is -2.53. The lowest BCUT2D eigenvalue weighted by Gasteiger charge is -2.39. The van der Waals surface area contributed by atoms with Gasteiger partial charge in [-0.05, 0) is 50.2 Å². The molecule has 0 unspecified atom stereocenters. The number of rotatable bonds is 10. The van der Waals surface area contributed by atoms with Crippen LogP contribution in [0.15, 0.2) is 76.7 Å². The van der Waals surface area contributed by atoms with E-state index in [0.717, 1.165) is 23.9 Å². The second-order valence-electron chi connectivity index (χ2n) is 8.35. The van der Waals surface area contributed by atoms with Gasteiger partial charge in [-0.2, -0.15) is 0 Å². The standard InChI is InChI=1S/C27H26N2O6S.CH4O/c1-18(2)29(26(31)20-11-9-19(10-12-20)23-8-5-15-34-23)27(32,33)22-6-3-4-7-24(22)35-16-21-17-36-25(28-21)13-14-30;1-2/h3-12,14-15,17-18,32-33H,13,16H2,1-2H3;2H,1H3. The molecule has 4 rings (SSSR count). The molecule has 0 fully saturated rings. The summed E-state index contributed by atoms with van der Waals surface area (Å²) in [5, 5.41) is 32.1. The number of hydrogen-bond donors (Lipinski definition) is 3. The number of ether oxygens (including phenoxy) is 1. The monoisotopic (exact) mass is 538 g/mol. The summed E-state index contributed by atoms with van der Waals surface area (Å²) >= 11 is 1.35. The Hall–Kier alpha value is -3.83. The van der Waals surface area contributed by atoms with Gasteiger partial charge in [-0.15, -0.1) is 11.3 Å². The first kappa shape index (κ1) is 28.7. The van der Waals surface area contributed by atoms with Gasteiger partial charge in [0.1, 0.15) is 29.4 Å². The maximum absolute atomic E-state index is 13.5. The molecular weight excluding hydrogens is 508 g/mol. The Morgan fingerprint density at radius 2 is 1.82 bits per heavy atom. The van der Waals surface area contributed by atoms with Gasteiger partial charge in [0.2, 0.25) is 0 Å². The summed E-state index contributed by atoms with van der Waals surface area (Å²) in [6.45, 7) is 3.46. The molecule has 9 nitrogen and oxygen atoms in total. The number of furan rings is 1. The van der Waals surface area contributed by atoms with Crippen LogP contribution in [0.4, 0.5) is 0 Å². The molecule has 1 amide bonds. The zero-order valence-corrected chi connectivity index (χ0v) is 22.1. The molecule has 0 radical (unpaired) electrons. The third-order valence-corrected chi connectivity index (χ3v) is 6.41. The van der Waals surface area contributed by atoms with Gasteiger partial charge in [-0.25, -0.2) is 4.98 Å². The molecule has 10 heteroatoms. The average molecular weight is 539 g/mol. The van der Waals surface area contributed by atoms with Crippen molar-refractivity contribution >= 4 is 23.5 Å². The van der Waals surface area contributed by atoms with E-state index in [1.54, 1.807) is 74.0 Å². The molecule has 0 bridgehead atoms. The van der Waals surface area contributed by atoms with Crippen molar-refractivity contribution in [2.45, 2.75) is 38.8 Å². The topological polar surface area (TPSA) is 133 Å². The van der Waals surface area contributed by atoms with Gasteiger partial charge in [0.05, 0.1) is 23.9 Å². The van der Waals surface area contributed by atoms with Gasteiger partial charge in [-0.1, -0.05) is 24.3 Å². The highest BCUT2D eigenvalue weighted by molar-refractivity contribution is 7.09. The number of carbonyl (C=O) groups excluding carboxylic acids is 2. The fraction of sp³-hybridized carbons (Fsp3) is 0.250. The van der Waals surface area contributed by atoms with Crippen molar-refractivity contribution in [1.82, 2.24) is 9.88 Å². The molecule has 0 spiro atoms. The maximum atomic E-state index is 13.5. The van der Waals surface area contributed by atoms with Gasteiger partial charge >= 0.3 is 0 Å². The van der Waals surface area contributed by atoms with E-state index in [9.17, 15) is 19.8 Å². The number of carbonyl (C=O) groups is 2. The van der Waals surface area contributed by atoms with Gasteiger partial charge < -0.3 is 29.3 Å². The number of nitrogens with zero attached hydrogens (tertiary/aromatic N) is 2. The molecule has 0 saturated heterocycles. The van der Waals surface area contributed by atoms with Crippen LogP contribution < -0.4 is 4.74 Å². The summed E-state index contributed by atoms with van der Waals surface area (Å²) in [4.78, 5) is 29.5. The van der Waals surface area contributed by atoms with E-state index in [-0.39, 0.29) is 29.9 Å². The van der Waals surface area contributed by atoms with Crippen molar-refractivity contribution in [1.29, 1.82) is 0 Å².